The summed E-state index contributed by atoms with van der Waals surface area (Å²) >= 11 is 6.09. The van der Waals surface area contributed by atoms with Crippen LogP contribution < -0.4 is 15.4 Å². The molecule has 1 aromatic carbocycles. The van der Waals surface area contributed by atoms with E-state index in [1.165, 1.54) is 0 Å². The molecule has 0 aliphatic carbocycles. The lowest BCUT2D eigenvalue weighted by molar-refractivity contribution is 0.195. The SMILES string of the molecule is COCCCNC(=NCc1nnc(C)n1C)NCCOc1ccccc1Cl. The summed E-state index contributed by atoms with van der Waals surface area (Å²) in [7, 11) is 3.62. The van der Waals surface area contributed by atoms with Gasteiger partial charge >= 0.3 is 0 Å². The van der Waals surface area contributed by atoms with Crippen molar-refractivity contribution in [2.45, 2.75) is 19.9 Å². The van der Waals surface area contributed by atoms with Gasteiger partial charge in [-0.1, -0.05) is 23.7 Å². The first-order chi connectivity index (χ1) is 13.1. The second-order valence-corrected chi connectivity index (χ2v) is 6.27. The highest BCUT2D eigenvalue weighted by atomic mass is 35.5. The average molecular weight is 395 g/mol. The minimum absolute atomic E-state index is 0.433. The lowest BCUT2D eigenvalue weighted by Gasteiger charge is -2.13. The molecule has 0 atom stereocenters. The number of halogens is 1. The molecule has 0 spiro atoms. The predicted molar refractivity (Wildman–Crippen MR) is 106 cm³/mol. The third-order valence-corrected chi connectivity index (χ3v) is 4.18. The number of guanidine groups is 1. The van der Waals surface area contributed by atoms with Gasteiger partial charge in [-0.25, -0.2) is 4.99 Å². The van der Waals surface area contributed by atoms with Gasteiger partial charge in [0.15, 0.2) is 11.8 Å². The lowest BCUT2D eigenvalue weighted by atomic mass is 10.3. The number of aliphatic imine (C=N–C) groups is 1. The van der Waals surface area contributed by atoms with Gasteiger partial charge in [-0.3, -0.25) is 0 Å². The Bertz CT molecular complexity index is 734. The number of para-hydroxylation sites is 1. The van der Waals surface area contributed by atoms with Crippen molar-refractivity contribution in [3.05, 3.63) is 40.9 Å². The number of methoxy groups -OCH3 is 1. The number of aromatic nitrogens is 3. The molecule has 0 radical (unpaired) electrons. The fraction of sp³-hybridized carbons (Fsp3) is 0.500. The summed E-state index contributed by atoms with van der Waals surface area (Å²) in [6.07, 6.45) is 0.885. The Labute approximate surface area is 164 Å². The fourth-order valence-corrected chi connectivity index (χ4v) is 2.42. The Morgan fingerprint density at radius 2 is 1.96 bits per heavy atom. The van der Waals surface area contributed by atoms with Crippen molar-refractivity contribution < 1.29 is 9.47 Å². The van der Waals surface area contributed by atoms with Crippen LogP contribution in [0.1, 0.15) is 18.1 Å². The number of nitrogens with one attached hydrogen (secondary N) is 2. The van der Waals surface area contributed by atoms with Crippen LogP contribution in [0.25, 0.3) is 0 Å². The summed E-state index contributed by atoms with van der Waals surface area (Å²) < 4.78 is 12.7. The molecule has 148 valence electrons. The first-order valence-electron chi connectivity index (χ1n) is 8.85. The Balaban J connectivity index is 1.86. The van der Waals surface area contributed by atoms with E-state index in [0.717, 1.165) is 24.6 Å². The molecule has 1 heterocycles. The summed E-state index contributed by atoms with van der Waals surface area (Å²) in [4.78, 5) is 4.58. The number of ether oxygens (including phenoxy) is 2. The van der Waals surface area contributed by atoms with Crippen LogP contribution in [0.15, 0.2) is 29.3 Å². The number of benzene rings is 1. The average Bonchev–Trinajstić information content (AvgIpc) is 2.99. The molecular formula is C18H27ClN6O2. The van der Waals surface area contributed by atoms with Crippen molar-refractivity contribution in [3.8, 4) is 5.75 Å². The van der Waals surface area contributed by atoms with Gasteiger partial charge in [-0.05, 0) is 25.5 Å². The van der Waals surface area contributed by atoms with E-state index in [2.05, 4.69) is 25.8 Å². The van der Waals surface area contributed by atoms with E-state index in [0.29, 0.717) is 43.0 Å². The molecule has 1 aromatic heterocycles. The normalized spacial score (nSPS) is 11.5. The first-order valence-corrected chi connectivity index (χ1v) is 9.23. The topological polar surface area (TPSA) is 85.6 Å². The number of hydrogen-bond acceptors (Lipinski definition) is 5. The van der Waals surface area contributed by atoms with Crippen molar-refractivity contribution >= 4 is 17.6 Å². The quantitative estimate of drug-likeness (QED) is 0.364. The van der Waals surface area contributed by atoms with Gasteiger partial charge in [-0.2, -0.15) is 0 Å². The van der Waals surface area contributed by atoms with Crippen LogP contribution in [-0.4, -0.2) is 54.1 Å². The van der Waals surface area contributed by atoms with E-state index in [1.54, 1.807) is 13.2 Å². The van der Waals surface area contributed by atoms with E-state index < -0.39 is 0 Å². The number of rotatable bonds is 10. The zero-order valence-electron chi connectivity index (χ0n) is 16.0. The maximum absolute atomic E-state index is 6.09. The molecule has 0 amide bonds. The monoisotopic (exact) mass is 394 g/mol. The predicted octanol–water partition coefficient (Wildman–Crippen LogP) is 1.93. The van der Waals surface area contributed by atoms with Gasteiger partial charge in [0.25, 0.3) is 0 Å². The molecule has 0 fully saturated rings. The molecule has 0 aliphatic rings. The van der Waals surface area contributed by atoms with Gasteiger partial charge in [0.2, 0.25) is 0 Å². The van der Waals surface area contributed by atoms with E-state index in [1.807, 2.05) is 36.7 Å². The van der Waals surface area contributed by atoms with Crippen LogP contribution in [0.4, 0.5) is 0 Å². The molecule has 27 heavy (non-hydrogen) atoms. The molecule has 0 saturated carbocycles. The van der Waals surface area contributed by atoms with Crippen molar-refractivity contribution in [2.24, 2.45) is 12.0 Å². The van der Waals surface area contributed by atoms with Gasteiger partial charge < -0.3 is 24.7 Å². The Morgan fingerprint density at radius 1 is 1.19 bits per heavy atom. The summed E-state index contributed by atoms with van der Waals surface area (Å²) in [6.45, 7) is 4.84. The van der Waals surface area contributed by atoms with E-state index in [4.69, 9.17) is 21.1 Å². The third-order valence-electron chi connectivity index (χ3n) is 3.87. The number of nitrogens with zero attached hydrogens (tertiary/aromatic N) is 4. The Kier molecular flexibility index (Phi) is 8.86. The Hall–Kier alpha value is -2.32. The van der Waals surface area contributed by atoms with Crippen LogP contribution in [-0.2, 0) is 18.3 Å². The minimum Gasteiger partial charge on any atom is -0.490 e. The van der Waals surface area contributed by atoms with Crippen LogP contribution in [0, 0.1) is 6.92 Å². The van der Waals surface area contributed by atoms with E-state index in [9.17, 15) is 0 Å². The summed E-state index contributed by atoms with van der Waals surface area (Å²) in [5.74, 6) is 3.02. The van der Waals surface area contributed by atoms with Crippen molar-refractivity contribution in [1.29, 1.82) is 0 Å². The van der Waals surface area contributed by atoms with Crippen molar-refractivity contribution in [3.63, 3.8) is 0 Å². The molecular weight excluding hydrogens is 368 g/mol. The fourth-order valence-electron chi connectivity index (χ4n) is 2.23. The van der Waals surface area contributed by atoms with Crippen LogP contribution in [0.3, 0.4) is 0 Å². The zero-order valence-corrected chi connectivity index (χ0v) is 16.8. The van der Waals surface area contributed by atoms with Crippen LogP contribution >= 0.6 is 11.6 Å². The zero-order chi connectivity index (χ0) is 19.5. The third kappa shape index (κ3) is 7.07. The smallest absolute Gasteiger partial charge is 0.191 e. The Morgan fingerprint density at radius 3 is 2.67 bits per heavy atom. The number of hydrogen-bond donors (Lipinski definition) is 2. The highest BCUT2D eigenvalue weighted by Crippen LogP contribution is 2.22. The molecule has 2 aromatic rings. The van der Waals surface area contributed by atoms with Crippen LogP contribution in [0.5, 0.6) is 5.75 Å². The van der Waals surface area contributed by atoms with E-state index in [-0.39, 0.29) is 0 Å². The molecule has 0 saturated heterocycles. The van der Waals surface area contributed by atoms with Gasteiger partial charge in [0, 0.05) is 27.3 Å². The van der Waals surface area contributed by atoms with Crippen molar-refractivity contribution in [1.82, 2.24) is 25.4 Å². The molecule has 2 rings (SSSR count). The van der Waals surface area contributed by atoms with Crippen molar-refractivity contribution in [2.75, 3.05) is 33.4 Å². The minimum atomic E-state index is 0.433. The summed E-state index contributed by atoms with van der Waals surface area (Å²) in [6, 6.07) is 7.41. The van der Waals surface area contributed by atoms with Crippen LogP contribution in [0.2, 0.25) is 5.02 Å². The van der Waals surface area contributed by atoms with Gasteiger partial charge in [0.1, 0.15) is 24.7 Å². The standard InChI is InChI=1S/C18H27ClN6O2/c1-14-23-24-17(25(14)2)13-22-18(20-9-6-11-26-3)21-10-12-27-16-8-5-4-7-15(16)19/h4-5,7-8H,6,9-13H2,1-3H3,(H2,20,21,22). The summed E-state index contributed by atoms with van der Waals surface area (Å²) in [5.41, 5.74) is 0. The number of aryl methyl sites for hydroxylation is 1. The first kappa shape index (κ1) is 21.0. The molecule has 0 aliphatic heterocycles. The summed E-state index contributed by atoms with van der Waals surface area (Å²) in [5, 5.41) is 15.3. The second kappa shape index (κ2) is 11.4. The second-order valence-electron chi connectivity index (χ2n) is 5.87. The molecule has 8 nitrogen and oxygen atoms in total. The molecule has 0 unspecified atom stereocenters. The highest BCUT2D eigenvalue weighted by Gasteiger charge is 2.05. The van der Waals surface area contributed by atoms with E-state index >= 15 is 0 Å². The molecule has 9 heteroatoms. The lowest BCUT2D eigenvalue weighted by Crippen LogP contribution is -2.40. The maximum Gasteiger partial charge on any atom is 0.191 e. The van der Waals surface area contributed by atoms with Gasteiger partial charge in [0.05, 0.1) is 11.6 Å². The largest absolute Gasteiger partial charge is 0.490 e. The molecule has 2 N–H and O–H groups in total. The molecule has 0 bridgehead atoms. The van der Waals surface area contributed by atoms with Gasteiger partial charge in [-0.15, -0.1) is 10.2 Å². The highest BCUT2D eigenvalue weighted by molar-refractivity contribution is 6.32. The maximum atomic E-state index is 6.09.